The summed E-state index contributed by atoms with van der Waals surface area (Å²) in [4.78, 5) is 24.8. The number of hydrogen-bond acceptors (Lipinski definition) is 3. The standard InChI is InChI=1S/C16H23FN4O2.ClH/c17-13-5-3-4-12(10-13)14-11-19-8-9-21(14)15(22)6-1-2-7-20-16(18)23;/h3-5,10,14,19H,1-2,6-9,11H2,(H3,18,20,23);1H. The van der Waals surface area contributed by atoms with Crippen molar-refractivity contribution in [3.8, 4) is 0 Å². The number of urea groups is 1. The van der Waals surface area contributed by atoms with Gasteiger partial charge >= 0.3 is 6.03 Å². The molecule has 0 saturated carbocycles. The molecular formula is C16H24ClFN4O2. The lowest BCUT2D eigenvalue weighted by Crippen LogP contribution is -2.48. The first-order chi connectivity index (χ1) is 11.1. The van der Waals surface area contributed by atoms with E-state index in [1.165, 1.54) is 12.1 Å². The van der Waals surface area contributed by atoms with Gasteiger partial charge in [-0.1, -0.05) is 12.1 Å². The Morgan fingerprint density at radius 3 is 2.88 bits per heavy atom. The Bertz CT molecular complexity index is 559. The molecular weight excluding hydrogens is 335 g/mol. The number of halogens is 2. The zero-order valence-corrected chi connectivity index (χ0v) is 14.3. The number of nitrogens with one attached hydrogen (secondary N) is 2. The number of unbranched alkanes of at least 4 members (excludes halogenated alkanes) is 1. The van der Waals surface area contributed by atoms with Crippen LogP contribution < -0.4 is 16.4 Å². The molecule has 24 heavy (non-hydrogen) atoms. The fourth-order valence-electron chi connectivity index (χ4n) is 2.77. The van der Waals surface area contributed by atoms with E-state index in [0.29, 0.717) is 38.9 Å². The Kier molecular flexibility index (Phi) is 8.49. The van der Waals surface area contributed by atoms with Gasteiger partial charge in [0.05, 0.1) is 6.04 Å². The molecule has 8 heteroatoms. The third-order valence-corrected chi connectivity index (χ3v) is 3.91. The summed E-state index contributed by atoms with van der Waals surface area (Å²) >= 11 is 0. The zero-order chi connectivity index (χ0) is 16.7. The summed E-state index contributed by atoms with van der Waals surface area (Å²) in [5.41, 5.74) is 5.79. The fourth-order valence-corrected chi connectivity index (χ4v) is 2.77. The molecule has 1 unspecified atom stereocenters. The molecule has 1 fully saturated rings. The quantitative estimate of drug-likeness (QED) is 0.674. The van der Waals surface area contributed by atoms with Crippen LogP contribution in [0.4, 0.5) is 9.18 Å². The molecule has 3 amide bonds. The van der Waals surface area contributed by atoms with Crippen molar-refractivity contribution >= 4 is 24.3 Å². The second-order valence-corrected chi connectivity index (χ2v) is 5.61. The predicted molar refractivity (Wildman–Crippen MR) is 92.4 cm³/mol. The molecule has 2 rings (SSSR count). The van der Waals surface area contributed by atoms with Crippen LogP contribution in [0.3, 0.4) is 0 Å². The van der Waals surface area contributed by atoms with Gasteiger partial charge in [0.2, 0.25) is 5.91 Å². The van der Waals surface area contributed by atoms with Crippen LogP contribution in [0.5, 0.6) is 0 Å². The van der Waals surface area contributed by atoms with Crippen LogP contribution in [0.1, 0.15) is 30.9 Å². The predicted octanol–water partition coefficient (Wildman–Crippen LogP) is 1.56. The highest BCUT2D eigenvalue weighted by Crippen LogP contribution is 2.24. The van der Waals surface area contributed by atoms with E-state index in [2.05, 4.69) is 10.6 Å². The maximum Gasteiger partial charge on any atom is 0.312 e. The molecule has 0 bridgehead atoms. The number of carbonyl (C=O) groups excluding carboxylic acids is 2. The SMILES string of the molecule is Cl.NC(=O)NCCCCC(=O)N1CCNCC1c1cccc(F)c1. The molecule has 0 radical (unpaired) electrons. The smallest absolute Gasteiger partial charge is 0.312 e. The van der Waals surface area contributed by atoms with Crippen LogP contribution in [-0.4, -0.2) is 43.0 Å². The van der Waals surface area contributed by atoms with E-state index in [4.69, 9.17) is 5.73 Å². The number of primary amides is 1. The van der Waals surface area contributed by atoms with Crippen LogP contribution in [0.2, 0.25) is 0 Å². The summed E-state index contributed by atoms with van der Waals surface area (Å²) in [6.07, 6.45) is 1.79. The van der Waals surface area contributed by atoms with Gasteiger partial charge in [-0.15, -0.1) is 12.4 Å². The first-order valence-electron chi connectivity index (χ1n) is 7.87. The van der Waals surface area contributed by atoms with E-state index in [-0.39, 0.29) is 30.2 Å². The molecule has 1 heterocycles. The molecule has 1 saturated heterocycles. The number of benzene rings is 1. The van der Waals surface area contributed by atoms with Gasteiger partial charge < -0.3 is 21.3 Å². The molecule has 1 aromatic carbocycles. The van der Waals surface area contributed by atoms with Gasteiger partial charge in [-0.25, -0.2) is 9.18 Å². The van der Waals surface area contributed by atoms with Crippen molar-refractivity contribution in [3.05, 3.63) is 35.6 Å². The number of rotatable bonds is 6. The number of amides is 3. The number of nitrogens with zero attached hydrogens (tertiary/aromatic N) is 1. The average Bonchev–Trinajstić information content (AvgIpc) is 2.54. The number of carbonyl (C=O) groups is 2. The molecule has 134 valence electrons. The Balaban J connectivity index is 0.00000288. The number of piperazine rings is 1. The largest absolute Gasteiger partial charge is 0.352 e. The van der Waals surface area contributed by atoms with E-state index in [0.717, 1.165) is 12.1 Å². The van der Waals surface area contributed by atoms with E-state index in [1.807, 2.05) is 11.0 Å². The van der Waals surface area contributed by atoms with Crippen LogP contribution in [-0.2, 0) is 4.79 Å². The molecule has 1 aliphatic heterocycles. The number of hydrogen-bond donors (Lipinski definition) is 3. The summed E-state index contributed by atoms with van der Waals surface area (Å²) < 4.78 is 13.4. The van der Waals surface area contributed by atoms with Crippen molar-refractivity contribution in [1.82, 2.24) is 15.5 Å². The summed E-state index contributed by atoms with van der Waals surface area (Å²) in [6, 6.07) is 5.70. The Hall–Kier alpha value is -1.86. The number of nitrogens with two attached hydrogens (primary N) is 1. The highest BCUT2D eigenvalue weighted by atomic mass is 35.5. The lowest BCUT2D eigenvalue weighted by Gasteiger charge is -2.36. The molecule has 1 atom stereocenters. The topological polar surface area (TPSA) is 87.5 Å². The maximum atomic E-state index is 13.4. The van der Waals surface area contributed by atoms with E-state index in [9.17, 15) is 14.0 Å². The molecule has 6 nitrogen and oxygen atoms in total. The minimum Gasteiger partial charge on any atom is -0.352 e. The summed E-state index contributed by atoms with van der Waals surface area (Å²) in [6.45, 7) is 2.44. The zero-order valence-electron chi connectivity index (χ0n) is 13.5. The van der Waals surface area contributed by atoms with Crippen LogP contribution >= 0.6 is 12.4 Å². The molecule has 1 aromatic rings. The molecule has 0 aliphatic carbocycles. The maximum absolute atomic E-state index is 13.4. The first-order valence-corrected chi connectivity index (χ1v) is 7.87. The average molecular weight is 359 g/mol. The van der Waals surface area contributed by atoms with Gasteiger partial charge in [0.25, 0.3) is 0 Å². The van der Waals surface area contributed by atoms with E-state index < -0.39 is 6.03 Å². The summed E-state index contributed by atoms with van der Waals surface area (Å²) in [5, 5.41) is 5.75. The van der Waals surface area contributed by atoms with Crippen LogP contribution in [0.15, 0.2) is 24.3 Å². The molecule has 4 N–H and O–H groups in total. The molecule has 0 aromatic heterocycles. The third-order valence-electron chi connectivity index (χ3n) is 3.91. The minimum atomic E-state index is -0.551. The van der Waals surface area contributed by atoms with Crippen molar-refractivity contribution in [2.24, 2.45) is 5.73 Å². The first kappa shape index (κ1) is 20.2. The second kappa shape index (κ2) is 10.1. The summed E-state index contributed by atoms with van der Waals surface area (Å²) in [7, 11) is 0. The van der Waals surface area contributed by atoms with Gasteiger partial charge in [-0.3, -0.25) is 4.79 Å². The van der Waals surface area contributed by atoms with Crippen molar-refractivity contribution in [3.63, 3.8) is 0 Å². The second-order valence-electron chi connectivity index (χ2n) is 5.61. The highest BCUT2D eigenvalue weighted by molar-refractivity contribution is 5.85. The van der Waals surface area contributed by atoms with Crippen LogP contribution in [0.25, 0.3) is 0 Å². The van der Waals surface area contributed by atoms with E-state index >= 15 is 0 Å². The van der Waals surface area contributed by atoms with Crippen molar-refractivity contribution in [2.75, 3.05) is 26.2 Å². The lowest BCUT2D eigenvalue weighted by molar-refractivity contribution is -0.134. The van der Waals surface area contributed by atoms with E-state index in [1.54, 1.807) is 6.07 Å². The third kappa shape index (κ3) is 5.98. The molecule has 0 spiro atoms. The lowest BCUT2D eigenvalue weighted by atomic mass is 10.0. The fraction of sp³-hybridized carbons (Fsp3) is 0.500. The van der Waals surface area contributed by atoms with Crippen LogP contribution in [0, 0.1) is 5.82 Å². The van der Waals surface area contributed by atoms with Gasteiger partial charge in [-0.2, -0.15) is 0 Å². The van der Waals surface area contributed by atoms with Gasteiger partial charge in [-0.05, 0) is 30.5 Å². The van der Waals surface area contributed by atoms with Crippen molar-refractivity contribution < 1.29 is 14.0 Å². The van der Waals surface area contributed by atoms with Crippen molar-refractivity contribution in [2.45, 2.75) is 25.3 Å². The van der Waals surface area contributed by atoms with Gasteiger partial charge in [0.1, 0.15) is 5.82 Å². The Morgan fingerprint density at radius 1 is 1.38 bits per heavy atom. The van der Waals surface area contributed by atoms with Gasteiger partial charge in [0, 0.05) is 32.6 Å². The normalized spacial score (nSPS) is 17.0. The van der Waals surface area contributed by atoms with Gasteiger partial charge in [0.15, 0.2) is 0 Å². The minimum absolute atomic E-state index is 0. The molecule has 1 aliphatic rings. The monoisotopic (exact) mass is 358 g/mol. The summed E-state index contributed by atoms with van der Waals surface area (Å²) in [5.74, 6) is -0.238. The Labute approximate surface area is 147 Å². The highest BCUT2D eigenvalue weighted by Gasteiger charge is 2.27. The van der Waals surface area contributed by atoms with Crippen molar-refractivity contribution in [1.29, 1.82) is 0 Å². The Morgan fingerprint density at radius 2 is 2.17 bits per heavy atom.